The van der Waals surface area contributed by atoms with Crippen LogP contribution in [0.2, 0.25) is 0 Å². The fraction of sp³-hybridized carbons (Fsp3) is 0.357. The molecule has 0 atom stereocenters. The second-order valence-corrected chi connectivity index (χ2v) is 3.00. The van der Waals surface area contributed by atoms with Crippen molar-refractivity contribution in [2.75, 3.05) is 0 Å². The molecule has 0 saturated carbocycles. The van der Waals surface area contributed by atoms with Gasteiger partial charge in [-0.1, -0.05) is 55.5 Å². The first-order valence-corrected chi connectivity index (χ1v) is 5.31. The highest BCUT2D eigenvalue weighted by molar-refractivity contribution is 4.99. The number of allylic oxidation sites excluding steroid dienone is 8. The number of hydrogen-bond donors (Lipinski definition) is 0. The van der Waals surface area contributed by atoms with Crippen LogP contribution in [-0.4, -0.2) is 0 Å². The van der Waals surface area contributed by atoms with Gasteiger partial charge in [0.1, 0.15) is 0 Å². The molecule has 0 aliphatic carbocycles. The maximum Gasteiger partial charge on any atom is -0.0169 e. The predicted molar refractivity (Wildman–Crippen MR) is 66.1 cm³/mol. The van der Waals surface area contributed by atoms with E-state index in [1.165, 1.54) is 0 Å². The Kier molecular flexibility index (Phi) is 11.1. The Balaban J connectivity index is 3.34. The third-order valence-corrected chi connectivity index (χ3v) is 1.72. The quantitative estimate of drug-likeness (QED) is 0.512. The Hall–Kier alpha value is -1.04. The molecule has 14 heavy (non-hydrogen) atoms. The summed E-state index contributed by atoms with van der Waals surface area (Å²) >= 11 is 0. The summed E-state index contributed by atoms with van der Waals surface area (Å²) in [6.07, 6.45) is 21.2. The first-order valence-electron chi connectivity index (χ1n) is 5.31. The first-order chi connectivity index (χ1) is 6.91. The van der Waals surface area contributed by atoms with Crippen LogP contribution >= 0.6 is 0 Å². The molecule has 0 aromatic rings. The van der Waals surface area contributed by atoms with Crippen molar-refractivity contribution in [1.82, 2.24) is 0 Å². The summed E-state index contributed by atoms with van der Waals surface area (Å²) in [4.78, 5) is 0. The molecule has 0 unspecified atom stereocenters. The van der Waals surface area contributed by atoms with Crippen LogP contribution in [0.25, 0.3) is 0 Å². The zero-order chi connectivity index (χ0) is 10.5. The van der Waals surface area contributed by atoms with Crippen molar-refractivity contribution in [1.29, 1.82) is 0 Å². The molecule has 0 bridgehead atoms. The van der Waals surface area contributed by atoms with Gasteiger partial charge in [-0.15, -0.1) is 0 Å². The molecule has 0 spiro atoms. The molecule has 1 radical (unpaired) electrons. The lowest BCUT2D eigenvalue weighted by Gasteiger charge is -1.83. The van der Waals surface area contributed by atoms with Crippen LogP contribution in [0.4, 0.5) is 0 Å². The number of hydrogen-bond acceptors (Lipinski definition) is 0. The summed E-state index contributed by atoms with van der Waals surface area (Å²) in [6, 6.07) is 0. The average Bonchev–Trinajstić information content (AvgIpc) is 2.21. The second kappa shape index (κ2) is 12.0. The monoisotopic (exact) mass is 189 g/mol. The molecule has 0 saturated heterocycles. The molecule has 0 N–H and O–H groups in total. The van der Waals surface area contributed by atoms with Crippen molar-refractivity contribution in [3.63, 3.8) is 0 Å². The molecular weight excluding hydrogens is 168 g/mol. The van der Waals surface area contributed by atoms with Gasteiger partial charge in [-0.05, 0) is 32.6 Å². The molecule has 0 aliphatic heterocycles. The lowest BCUT2D eigenvalue weighted by atomic mass is 10.2. The van der Waals surface area contributed by atoms with E-state index in [1.54, 1.807) is 0 Å². The van der Waals surface area contributed by atoms with Gasteiger partial charge in [0.05, 0.1) is 0 Å². The Morgan fingerprint density at radius 2 is 1.14 bits per heavy atom. The zero-order valence-corrected chi connectivity index (χ0v) is 9.15. The van der Waals surface area contributed by atoms with Crippen molar-refractivity contribution in [2.45, 2.75) is 32.6 Å². The van der Waals surface area contributed by atoms with Crippen LogP contribution in [0, 0.1) is 6.92 Å². The molecule has 77 valence electrons. The van der Waals surface area contributed by atoms with Gasteiger partial charge in [-0.2, -0.15) is 0 Å². The standard InChI is InChI=1S/C14H21/c1-3-5-7-9-11-13-14-12-10-8-6-4-2/h3,5-6,8-9,11-12,14H,1,4,7,10,13H2,2H3. The van der Waals surface area contributed by atoms with Crippen molar-refractivity contribution in [3.05, 3.63) is 55.5 Å². The normalized spacial score (nSPS) is 13.0. The maximum absolute atomic E-state index is 3.63. The topological polar surface area (TPSA) is 0 Å². The zero-order valence-electron chi connectivity index (χ0n) is 9.15. The average molecular weight is 189 g/mol. The fourth-order valence-corrected chi connectivity index (χ4v) is 0.980. The summed E-state index contributed by atoms with van der Waals surface area (Å²) < 4.78 is 0. The molecule has 0 rings (SSSR count). The SMILES string of the molecule is [CH2]C=CCC=CCC=CCC=CCC. The highest BCUT2D eigenvalue weighted by atomic mass is 13.8. The minimum Gasteiger partial charge on any atom is -0.0885 e. The van der Waals surface area contributed by atoms with Gasteiger partial charge in [-0.25, -0.2) is 0 Å². The molecule has 0 fully saturated rings. The van der Waals surface area contributed by atoms with E-state index in [2.05, 4.69) is 50.3 Å². The molecule has 0 heteroatoms. The smallest absolute Gasteiger partial charge is 0.0169 e. The highest BCUT2D eigenvalue weighted by Crippen LogP contribution is 1.93. The molecule has 0 nitrogen and oxygen atoms in total. The van der Waals surface area contributed by atoms with E-state index in [-0.39, 0.29) is 0 Å². The van der Waals surface area contributed by atoms with Crippen molar-refractivity contribution in [3.8, 4) is 0 Å². The van der Waals surface area contributed by atoms with Crippen LogP contribution in [0.1, 0.15) is 32.6 Å². The molecule has 0 amide bonds. The third-order valence-electron chi connectivity index (χ3n) is 1.72. The maximum atomic E-state index is 3.63. The molecule has 0 aromatic carbocycles. The van der Waals surface area contributed by atoms with E-state index in [9.17, 15) is 0 Å². The minimum absolute atomic E-state index is 0.993. The van der Waals surface area contributed by atoms with E-state index in [4.69, 9.17) is 0 Å². The van der Waals surface area contributed by atoms with Gasteiger partial charge in [0.2, 0.25) is 0 Å². The van der Waals surface area contributed by atoms with E-state index < -0.39 is 0 Å². The van der Waals surface area contributed by atoms with Gasteiger partial charge < -0.3 is 0 Å². The van der Waals surface area contributed by atoms with E-state index in [1.807, 2.05) is 12.2 Å². The van der Waals surface area contributed by atoms with Crippen LogP contribution in [0.3, 0.4) is 0 Å². The van der Waals surface area contributed by atoms with Gasteiger partial charge in [0, 0.05) is 0 Å². The Bertz CT molecular complexity index is 204. The van der Waals surface area contributed by atoms with E-state index in [0.29, 0.717) is 0 Å². The van der Waals surface area contributed by atoms with Crippen LogP contribution < -0.4 is 0 Å². The van der Waals surface area contributed by atoms with Crippen molar-refractivity contribution >= 4 is 0 Å². The summed E-state index contributed by atoms with van der Waals surface area (Å²) in [5, 5.41) is 0. The molecule has 0 heterocycles. The fourth-order valence-electron chi connectivity index (χ4n) is 0.980. The Morgan fingerprint density at radius 3 is 1.57 bits per heavy atom. The van der Waals surface area contributed by atoms with Crippen molar-refractivity contribution in [2.24, 2.45) is 0 Å². The largest absolute Gasteiger partial charge is 0.0885 e. The van der Waals surface area contributed by atoms with Gasteiger partial charge in [0.15, 0.2) is 0 Å². The summed E-state index contributed by atoms with van der Waals surface area (Å²) in [7, 11) is 0. The Labute approximate surface area is 88.7 Å². The first kappa shape index (κ1) is 13.0. The van der Waals surface area contributed by atoms with E-state index >= 15 is 0 Å². The lowest BCUT2D eigenvalue weighted by molar-refractivity contribution is 1.19. The summed E-state index contributed by atoms with van der Waals surface area (Å²) in [6.45, 7) is 5.78. The van der Waals surface area contributed by atoms with Gasteiger partial charge in [0.25, 0.3) is 0 Å². The Morgan fingerprint density at radius 1 is 0.714 bits per heavy atom. The van der Waals surface area contributed by atoms with Gasteiger partial charge >= 0.3 is 0 Å². The van der Waals surface area contributed by atoms with Crippen LogP contribution in [0.5, 0.6) is 0 Å². The predicted octanol–water partition coefficient (Wildman–Crippen LogP) is 4.63. The van der Waals surface area contributed by atoms with Crippen LogP contribution in [-0.2, 0) is 0 Å². The lowest BCUT2D eigenvalue weighted by Crippen LogP contribution is -1.62. The minimum atomic E-state index is 0.993. The molecule has 0 aliphatic rings. The summed E-state index contributed by atoms with van der Waals surface area (Å²) in [5.74, 6) is 0. The van der Waals surface area contributed by atoms with E-state index in [0.717, 1.165) is 25.7 Å². The summed E-state index contributed by atoms with van der Waals surface area (Å²) in [5.41, 5.74) is 0. The molecule has 0 aromatic heterocycles. The van der Waals surface area contributed by atoms with Crippen molar-refractivity contribution < 1.29 is 0 Å². The second-order valence-electron chi connectivity index (χ2n) is 3.00. The third kappa shape index (κ3) is 11.0. The highest BCUT2D eigenvalue weighted by Gasteiger charge is 1.72. The van der Waals surface area contributed by atoms with Gasteiger partial charge in [-0.3, -0.25) is 0 Å². The molecular formula is C14H21. The number of rotatable bonds is 7. The van der Waals surface area contributed by atoms with Crippen LogP contribution in [0.15, 0.2) is 48.6 Å².